The third-order valence-electron chi connectivity index (χ3n) is 2.56. The molecule has 0 aliphatic rings. The van der Waals surface area contributed by atoms with E-state index in [0.717, 1.165) is 18.8 Å². The Balaban J connectivity index is 2.11. The summed E-state index contributed by atoms with van der Waals surface area (Å²) < 4.78 is 19.1. The van der Waals surface area contributed by atoms with Gasteiger partial charge in [0.2, 0.25) is 0 Å². The first-order valence-electron chi connectivity index (χ1n) is 6.03. The van der Waals surface area contributed by atoms with Gasteiger partial charge in [0.1, 0.15) is 17.3 Å². The van der Waals surface area contributed by atoms with Crippen molar-refractivity contribution in [2.45, 2.75) is 6.92 Å². The highest BCUT2D eigenvalue weighted by molar-refractivity contribution is 5.60. The molecule has 1 aromatic heterocycles. The fourth-order valence-electron chi connectivity index (χ4n) is 1.65. The molecular weight excluding hydrogens is 229 g/mol. The van der Waals surface area contributed by atoms with Crippen molar-refractivity contribution in [3.63, 3.8) is 0 Å². The van der Waals surface area contributed by atoms with Crippen molar-refractivity contribution < 1.29 is 8.81 Å². The number of furan rings is 1. The second-order valence-corrected chi connectivity index (χ2v) is 3.89. The monoisotopic (exact) mass is 245 g/mol. The summed E-state index contributed by atoms with van der Waals surface area (Å²) in [4.78, 5) is 0. The molecule has 0 fully saturated rings. The summed E-state index contributed by atoms with van der Waals surface area (Å²) in [5.41, 5.74) is 0.490. The lowest BCUT2D eigenvalue weighted by Gasteiger charge is -1.97. The minimum atomic E-state index is -0.268. The molecule has 0 amide bonds. The Morgan fingerprint density at radius 1 is 1.22 bits per heavy atom. The predicted octanol–water partition coefficient (Wildman–Crippen LogP) is 3.71. The zero-order valence-electron chi connectivity index (χ0n) is 10.3. The Morgan fingerprint density at radius 3 is 2.83 bits per heavy atom. The van der Waals surface area contributed by atoms with Crippen LogP contribution in [0.4, 0.5) is 4.39 Å². The summed E-state index contributed by atoms with van der Waals surface area (Å²) in [5, 5.41) is 3.18. The van der Waals surface area contributed by atoms with E-state index in [0.29, 0.717) is 11.3 Å². The van der Waals surface area contributed by atoms with Gasteiger partial charge in [-0.2, -0.15) is 0 Å². The zero-order chi connectivity index (χ0) is 12.8. The molecule has 0 saturated carbocycles. The SMILES string of the molecule is CCNCC=Cc1ccc(-c2ccccc2F)o1. The van der Waals surface area contributed by atoms with Crippen LogP contribution >= 0.6 is 0 Å². The number of benzene rings is 1. The van der Waals surface area contributed by atoms with Gasteiger partial charge >= 0.3 is 0 Å². The molecular formula is C15H16FNO. The van der Waals surface area contributed by atoms with Crippen LogP contribution in [0, 0.1) is 5.82 Å². The molecule has 0 spiro atoms. The molecule has 0 bridgehead atoms. The largest absolute Gasteiger partial charge is 0.457 e. The number of rotatable bonds is 5. The molecule has 18 heavy (non-hydrogen) atoms. The van der Waals surface area contributed by atoms with Gasteiger partial charge in [-0.3, -0.25) is 0 Å². The summed E-state index contributed by atoms with van der Waals surface area (Å²) in [6.45, 7) is 3.78. The average molecular weight is 245 g/mol. The van der Waals surface area contributed by atoms with Gasteiger partial charge in [-0.25, -0.2) is 4.39 Å². The van der Waals surface area contributed by atoms with Crippen molar-refractivity contribution in [1.29, 1.82) is 0 Å². The van der Waals surface area contributed by atoms with Gasteiger partial charge in [-0.1, -0.05) is 25.1 Å². The maximum atomic E-state index is 13.5. The lowest BCUT2D eigenvalue weighted by Crippen LogP contribution is -2.11. The van der Waals surface area contributed by atoms with Crippen LogP contribution in [0.25, 0.3) is 17.4 Å². The lowest BCUT2D eigenvalue weighted by molar-refractivity contribution is 0.560. The van der Waals surface area contributed by atoms with Crippen molar-refractivity contribution >= 4 is 6.08 Å². The molecule has 2 aromatic rings. The van der Waals surface area contributed by atoms with Gasteiger partial charge in [0, 0.05) is 6.54 Å². The van der Waals surface area contributed by atoms with Crippen LogP contribution in [0.15, 0.2) is 46.9 Å². The number of likely N-dealkylation sites (N-methyl/N-ethyl adjacent to an activating group) is 1. The maximum Gasteiger partial charge on any atom is 0.137 e. The van der Waals surface area contributed by atoms with Crippen LogP contribution in [0.3, 0.4) is 0 Å². The summed E-state index contributed by atoms with van der Waals surface area (Å²) in [5.74, 6) is 1.01. The predicted molar refractivity (Wildman–Crippen MR) is 71.7 cm³/mol. The van der Waals surface area contributed by atoms with E-state index >= 15 is 0 Å². The number of hydrogen-bond acceptors (Lipinski definition) is 2. The minimum Gasteiger partial charge on any atom is -0.457 e. The van der Waals surface area contributed by atoms with Crippen LogP contribution in [-0.4, -0.2) is 13.1 Å². The van der Waals surface area contributed by atoms with Crippen molar-refractivity contribution in [3.8, 4) is 11.3 Å². The Kier molecular flexibility index (Phi) is 4.31. The highest BCUT2D eigenvalue weighted by atomic mass is 19.1. The molecule has 2 nitrogen and oxygen atoms in total. The third kappa shape index (κ3) is 3.08. The van der Waals surface area contributed by atoms with E-state index in [-0.39, 0.29) is 5.82 Å². The third-order valence-corrected chi connectivity index (χ3v) is 2.56. The normalized spacial score (nSPS) is 11.2. The number of nitrogens with one attached hydrogen (secondary N) is 1. The van der Waals surface area contributed by atoms with Crippen LogP contribution < -0.4 is 5.32 Å². The van der Waals surface area contributed by atoms with Gasteiger partial charge in [0.25, 0.3) is 0 Å². The van der Waals surface area contributed by atoms with E-state index in [1.54, 1.807) is 24.3 Å². The van der Waals surface area contributed by atoms with Gasteiger partial charge in [0.05, 0.1) is 5.56 Å². The molecule has 1 heterocycles. The summed E-state index contributed by atoms with van der Waals surface area (Å²) >= 11 is 0. The molecule has 0 aliphatic heterocycles. The Morgan fingerprint density at radius 2 is 2.06 bits per heavy atom. The fourth-order valence-corrected chi connectivity index (χ4v) is 1.65. The molecule has 3 heteroatoms. The Labute approximate surface area is 106 Å². The smallest absolute Gasteiger partial charge is 0.137 e. The van der Waals surface area contributed by atoms with Gasteiger partial charge in [-0.05, 0) is 36.9 Å². The first kappa shape index (κ1) is 12.6. The molecule has 0 saturated heterocycles. The molecule has 2 rings (SSSR count). The lowest BCUT2D eigenvalue weighted by atomic mass is 10.1. The highest BCUT2D eigenvalue weighted by Gasteiger charge is 2.07. The van der Waals surface area contributed by atoms with Gasteiger partial charge in [-0.15, -0.1) is 0 Å². The van der Waals surface area contributed by atoms with Crippen LogP contribution in [-0.2, 0) is 0 Å². The Hall–Kier alpha value is -1.87. The Bertz CT molecular complexity index is 531. The van der Waals surface area contributed by atoms with E-state index in [2.05, 4.69) is 12.2 Å². The average Bonchev–Trinajstić information content (AvgIpc) is 2.84. The van der Waals surface area contributed by atoms with Crippen molar-refractivity contribution in [3.05, 3.63) is 54.1 Å². The zero-order valence-corrected chi connectivity index (χ0v) is 10.3. The van der Waals surface area contributed by atoms with E-state index < -0.39 is 0 Å². The van der Waals surface area contributed by atoms with Crippen molar-refractivity contribution in [2.75, 3.05) is 13.1 Å². The van der Waals surface area contributed by atoms with Gasteiger partial charge < -0.3 is 9.73 Å². The summed E-state index contributed by atoms with van der Waals surface area (Å²) in [6.07, 6.45) is 3.86. The van der Waals surface area contributed by atoms with Gasteiger partial charge in [0.15, 0.2) is 0 Å². The molecule has 0 atom stereocenters. The number of halogens is 1. The number of hydrogen-bond donors (Lipinski definition) is 1. The van der Waals surface area contributed by atoms with E-state index in [1.165, 1.54) is 6.07 Å². The molecule has 0 radical (unpaired) electrons. The molecule has 0 unspecified atom stereocenters. The fraction of sp³-hybridized carbons (Fsp3) is 0.200. The molecule has 1 aromatic carbocycles. The maximum absolute atomic E-state index is 13.5. The topological polar surface area (TPSA) is 25.2 Å². The van der Waals surface area contributed by atoms with Crippen molar-refractivity contribution in [2.24, 2.45) is 0 Å². The van der Waals surface area contributed by atoms with E-state index in [4.69, 9.17) is 4.42 Å². The minimum absolute atomic E-state index is 0.268. The molecule has 1 N–H and O–H groups in total. The van der Waals surface area contributed by atoms with E-state index in [9.17, 15) is 4.39 Å². The van der Waals surface area contributed by atoms with Crippen LogP contribution in [0.1, 0.15) is 12.7 Å². The first-order valence-corrected chi connectivity index (χ1v) is 6.03. The quantitative estimate of drug-likeness (QED) is 0.812. The molecule has 0 aliphatic carbocycles. The van der Waals surface area contributed by atoms with Crippen molar-refractivity contribution in [1.82, 2.24) is 5.32 Å². The van der Waals surface area contributed by atoms with Crippen LogP contribution in [0.5, 0.6) is 0 Å². The second kappa shape index (κ2) is 6.17. The first-order chi connectivity index (χ1) is 8.81. The highest BCUT2D eigenvalue weighted by Crippen LogP contribution is 2.25. The standard InChI is InChI=1S/C15H16FNO/c1-2-17-11-5-6-12-9-10-15(18-12)13-7-3-4-8-14(13)16/h3-10,17H,2,11H2,1H3. The van der Waals surface area contributed by atoms with Crippen LogP contribution in [0.2, 0.25) is 0 Å². The second-order valence-electron chi connectivity index (χ2n) is 3.89. The van der Waals surface area contributed by atoms with E-state index in [1.807, 2.05) is 18.2 Å². The summed E-state index contributed by atoms with van der Waals surface area (Å²) in [7, 11) is 0. The summed E-state index contributed by atoms with van der Waals surface area (Å²) in [6, 6.07) is 10.2. The molecule has 94 valence electrons.